The van der Waals surface area contributed by atoms with Gasteiger partial charge in [-0.15, -0.1) is 0 Å². The number of anilines is 1. The third-order valence-electron chi connectivity index (χ3n) is 4.85. The molecule has 0 saturated carbocycles. The van der Waals surface area contributed by atoms with Gasteiger partial charge in [-0.05, 0) is 44.2 Å². The molecule has 0 fully saturated rings. The summed E-state index contributed by atoms with van der Waals surface area (Å²) in [6, 6.07) is 14.2. The lowest BCUT2D eigenvalue weighted by Crippen LogP contribution is -2.37. The second kappa shape index (κ2) is 9.39. The van der Waals surface area contributed by atoms with Gasteiger partial charge in [0.15, 0.2) is 6.10 Å². The lowest BCUT2D eigenvalue weighted by Gasteiger charge is -2.21. The first-order valence-corrected chi connectivity index (χ1v) is 11.7. The number of amides is 1. The van der Waals surface area contributed by atoms with Crippen molar-refractivity contribution in [1.82, 2.24) is 15.0 Å². The number of aryl methyl sites for hydroxylation is 1. The molecule has 3 rings (SSSR count). The Kier molecular flexibility index (Phi) is 6.83. The van der Waals surface area contributed by atoms with Crippen LogP contribution in [0.15, 0.2) is 53.1 Å². The monoisotopic (exact) mass is 458 g/mol. The number of sulfonamides is 1. The predicted octanol–water partition coefficient (Wildman–Crippen LogP) is 2.87. The maximum Gasteiger partial charge on any atom is 0.263 e. The molecule has 2 aromatic carbocycles. The molecule has 0 aliphatic carbocycles. The van der Waals surface area contributed by atoms with Crippen LogP contribution < -0.4 is 9.04 Å². The van der Waals surface area contributed by atoms with E-state index in [1.807, 2.05) is 31.2 Å². The summed E-state index contributed by atoms with van der Waals surface area (Å²) in [7, 11) is -0.258. The van der Waals surface area contributed by atoms with Gasteiger partial charge in [0, 0.05) is 19.7 Å². The maximum absolute atomic E-state index is 12.7. The summed E-state index contributed by atoms with van der Waals surface area (Å²) in [4.78, 5) is 18.5. The quantitative estimate of drug-likeness (QED) is 0.511. The van der Waals surface area contributed by atoms with Crippen LogP contribution >= 0.6 is 0 Å². The Balaban J connectivity index is 1.60. The van der Waals surface area contributed by atoms with Gasteiger partial charge in [0.05, 0.1) is 18.5 Å². The Bertz CT molecular complexity index is 1190. The highest BCUT2D eigenvalue weighted by Crippen LogP contribution is 2.22. The molecule has 0 bridgehead atoms. The number of hydrogen-bond acceptors (Lipinski definition) is 7. The first kappa shape index (κ1) is 23.3. The predicted molar refractivity (Wildman–Crippen MR) is 121 cm³/mol. The molecule has 1 heterocycles. The molecule has 1 amide bonds. The van der Waals surface area contributed by atoms with Gasteiger partial charge < -0.3 is 14.2 Å². The zero-order valence-electron chi connectivity index (χ0n) is 18.6. The molecule has 0 spiro atoms. The van der Waals surface area contributed by atoms with Crippen LogP contribution in [0, 0.1) is 6.92 Å². The van der Waals surface area contributed by atoms with E-state index in [0.29, 0.717) is 23.2 Å². The highest BCUT2D eigenvalue weighted by molar-refractivity contribution is 7.92. The fraction of sp³-hybridized carbons (Fsp3) is 0.318. The fourth-order valence-electron chi connectivity index (χ4n) is 2.99. The summed E-state index contributed by atoms with van der Waals surface area (Å²) in [5.74, 6) is 0.966. The van der Waals surface area contributed by atoms with Gasteiger partial charge >= 0.3 is 0 Å². The minimum absolute atomic E-state index is 0.142. The van der Waals surface area contributed by atoms with E-state index in [1.165, 1.54) is 11.9 Å². The molecule has 10 heteroatoms. The Morgan fingerprint density at radius 2 is 1.84 bits per heavy atom. The summed E-state index contributed by atoms with van der Waals surface area (Å²) >= 11 is 0. The second-order valence-electron chi connectivity index (χ2n) is 7.56. The standard InChI is InChI=1S/C22H26N4O5S/c1-15-7-6-8-17(13-15)21-23-20(31-24-21)14-25(3)22(27)16(2)30-19-11-9-18(10-12-19)26(4)32(5,28)29/h6-13,16H,14H2,1-5H3. The number of aromatic nitrogens is 2. The van der Waals surface area contributed by atoms with Crippen molar-refractivity contribution >= 4 is 21.6 Å². The van der Waals surface area contributed by atoms with Crippen molar-refractivity contribution in [2.45, 2.75) is 26.5 Å². The Morgan fingerprint density at radius 1 is 1.16 bits per heavy atom. The Labute approximate surface area is 187 Å². The number of ether oxygens (including phenoxy) is 1. The Hall–Kier alpha value is -3.40. The SMILES string of the molecule is Cc1cccc(-c2noc(CN(C)C(=O)C(C)Oc3ccc(N(C)S(C)(=O)=O)cc3)n2)c1. The first-order chi connectivity index (χ1) is 15.0. The molecular formula is C22H26N4O5S. The van der Waals surface area contributed by atoms with E-state index >= 15 is 0 Å². The highest BCUT2D eigenvalue weighted by Gasteiger charge is 2.22. The van der Waals surface area contributed by atoms with Crippen molar-refractivity contribution < 1.29 is 22.5 Å². The van der Waals surface area contributed by atoms with Crippen LogP contribution in [0.3, 0.4) is 0 Å². The zero-order valence-corrected chi connectivity index (χ0v) is 19.5. The maximum atomic E-state index is 12.7. The third-order valence-corrected chi connectivity index (χ3v) is 6.06. The van der Waals surface area contributed by atoms with E-state index < -0.39 is 16.1 Å². The minimum Gasteiger partial charge on any atom is -0.481 e. The lowest BCUT2D eigenvalue weighted by atomic mass is 10.1. The van der Waals surface area contributed by atoms with Gasteiger partial charge in [-0.1, -0.05) is 28.9 Å². The number of nitrogens with zero attached hydrogens (tertiary/aromatic N) is 4. The van der Waals surface area contributed by atoms with Crippen LogP contribution in [-0.2, 0) is 21.4 Å². The van der Waals surface area contributed by atoms with Crippen LogP contribution in [0.2, 0.25) is 0 Å². The van der Waals surface area contributed by atoms with Crippen molar-refractivity contribution in [1.29, 1.82) is 0 Å². The van der Waals surface area contributed by atoms with Crippen LogP contribution in [0.4, 0.5) is 5.69 Å². The number of carbonyl (C=O) groups is 1. The van der Waals surface area contributed by atoms with Crippen LogP contribution in [0.25, 0.3) is 11.4 Å². The summed E-state index contributed by atoms with van der Waals surface area (Å²) < 4.78 is 35.4. The summed E-state index contributed by atoms with van der Waals surface area (Å²) in [6.07, 6.45) is 0.360. The van der Waals surface area contributed by atoms with E-state index in [9.17, 15) is 13.2 Å². The number of benzene rings is 2. The highest BCUT2D eigenvalue weighted by atomic mass is 32.2. The van der Waals surface area contributed by atoms with Gasteiger partial charge in [0.2, 0.25) is 21.7 Å². The van der Waals surface area contributed by atoms with Crippen molar-refractivity contribution in [3.63, 3.8) is 0 Å². The van der Waals surface area contributed by atoms with Crippen molar-refractivity contribution in [3.05, 3.63) is 60.0 Å². The number of carbonyl (C=O) groups excluding carboxylic acids is 1. The molecular weight excluding hydrogens is 432 g/mol. The molecule has 0 aliphatic rings. The molecule has 1 unspecified atom stereocenters. The summed E-state index contributed by atoms with van der Waals surface area (Å²) in [5, 5.41) is 3.99. The average Bonchev–Trinajstić information content (AvgIpc) is 3.21. The van der Waals surface area contributed by atoms with E-state index in [-0.39, 0.29) is 12.5 Å². The summed E-state index contributed by atoms with van der Waals surface area (Å²) in [6.45, 7) is 3.76. The zero-order chi connectivity index (χ0) is 23.5. The lowest BCUT2D eigenvalue weighted by molar-refractivity contribution is -0.137. The van der Waals surface area contributed by atoms with E-state index in [0.717, 1.165) is 21.7 Å². The number of hydrogen-bond donors (Lipinski definition) is 0. The molecule has 170 valence electrons. The third kappa shape index (κ3) is 5.64. The van der Waals surface area contributed by atoms with E-state index in [2.05, 4.69) is 10.1 Å². The molecule has 0 aliphatic heterocycles. The van der Waals surface area contributed by atoms with Gasteiger partial charge in [-0.25, -0.2) is 8.42 Å². The van der Waals surface area contributed by atoms with Crippen LogP contribution in [0.1, 0.15) is 18.4 Å². The molecule has 0 radical (unpaired) electrons. The van der Waals surface area contributed by atoms with Crippen molar-refractivity contribution in [2.24, 2.45) is 0 Å². The largest absolute Gasteiger partial charge is 0.481 e. The average molecular weight is 459 g/mol. The molecule has 0 N–H and O–H groups in total. The van der Waals surface area contributed by atoms with Crippen molar-refractivity contribution in [2.75, 3.05) is 24.7 Å². The fourth-order valence-corrected chi connectivity index (χ4v) is 3.50. The van der Waals surface area contributed by atoms with E-state index in [1.54, 1.807) is 38.2 Å². The molecule has 1 atom stereocenters. The summed E-state index contributed by atoms with van der Waals surface area (Å²) in [5.41, 5.74) is 2.43. The normalized spacial score (nSPS) is 12.3. The topological polar surface area (TPSA) is 106 Å². The van der Waals surface area contributed by atoms with Gasteiger partial charge in [-0.2, -0.15) is 4.98 Å². The molecule has 9 nitrogen and oxygen atoms in total. The van der Waals surface area contributed by atoms with Crippen LogP contribution in [0.5, 0.6) is 5.75 Å². The van der Waals surface area contributed by atoms with Crippen molar-refractivity contribution in [3.8, 4) is 17.1 Å². The molecule has 1 aromatic heterocycles. The first-order valence-electron chi connectivity index (χ1n) is 9.90. The molecule has 0 saturated heterocycles. The number of likely N-dealkylation sites (N-methyl/N-ethyl adjacent to an activating group) is 1. The van der Waals surface area contributed by atoms with Crippen LogP contribution in [-0.4, -0.2) is 55.8 Å². The Morgan fingerprint density at radius 3 is 2.47 bits per heavy atom. The van der Waals surface area contributed by atoms with Gasteiger partial charge in [-0.3, -0.25) is 9.10 Å². The molecule has 32 heavy (non-hydrogen) atoms. The second-order valence-corrected chi connectivity index (χ2v) is 9.57. The number of rotatable bonds is 8. The van der Waals surface area contributed by atoms with Gasteiger partial charge in [0.1, 0.15) is 5.75 Å². The molecule has 3 aromatic rings. The smallest absolute Gasteiger partial charge is 0.263 e. The van der Waals surface area contributed by atoms with Gasteiger partial charge in [0.25, 0.3) is 5.91 Å². The minimum atomic E-state index is -3.35. The van der Waals surface area contributed by atoms with E-state index in [4.69, 9.17) is 9.26 Å².